The minimum absolute atomic E-state index is 0.145. The molecule has 0 spiro atoms. The summed E-state index contributed by atoms with van der Waals surface area (Å²) in [7, 11) is 0. The van der Waals surface area contributed by atoms with E-state index in [2.05, 4.69) is 0 Å². The van der Waals surface area contributed by atoms with Crippen molar-refractivity contribution >= 4 is 5.69 Å². The third-order valence-electron chi connectivity index (χ3n) is 1.67. The molecule has 0 heterocycles. The van der Waals surface area contributed by atoms with Gasteiger partial charge in [-0.25, -0.2) is 0 Å². The molecule has 7 heteroatoms. The number of alkyl halides is 3. The molecule has 0 bridgehead atoms. The van der Waals surface area contributed by atoms with Gasteiger partial charge in [-0.2, -0.15) is 13.2 Å². The standard InChI is InChI=1S/C8H5F3NO3/c9-8(10,11)6-3-5(4-13)1-2-7(6)12(14)15/h1-4,13H. The molecule has 1 N–H and O–H groups in total. The first-order valence-electron chi connectivity index (χ1n) is 3.69. The van der Waals surface area contributed by atoms with Crippen molar-refractivity contribution in [3.63, 3.8) is 0 Å². The van der Waals surface area contributed by atoms with E-state index in [9.17, 15) is 23.3 Å². The van der Waals surface area contributed by atoms with Crippen LogP contribution in [0.25, 0.3) is 0 Å². The van der Waals surface area contributed by atoms with Crippen LogP contribution in [0.3, 0.4) is 0 Å². The quantitative estimate of drug-likeness (QED) is 0.615. The maximum absolute atomic E-state index is 12.3. The van der Waals surface area contributed by atoms with Crippen LogP contribution in [0.4, 0.5) is 18.9 Å². The van der Waals surface area contributed by atoms with Crippen LogP contribution < -0.4 is 0 Å². The smallest absolute Gasteiger partial charge is 0.385 e. The van der Waals surface area contributed by atoms with Crippen LogP contribution in [0.15, 0.2) is 18.2 Å². The second-order valence-corrected chi connectivity index (χ2v) is 2.66. The molecule has 0 atom stereocenters. The highest BCUT2D eigenvalue weighted by Crippen LogP contribution is 2.36. The van der Waals surface area contributed by atoms with Gasteiger partial charge in [0.25, 0.3) is 5.69 Å². The number of nitro groups is 1. The van der Waals surface area contributed by atoms with Gasteiger partial charge in [0.15, 0.2) is 0 Å². The van der Waals surface area contributed by atoms with Crippen LogP contribution in [-0.4, -0.2) is 10.0 Å². The van der Waals surface area contributed by atoms with Gasteiger partial charge in [0.05, 0.1) is 4.92 Å². The summed E-state index contributed by atoms with van der Waals surface area (Å²) in [6.07, 6.45) is -4.82. The van der Waals surface area contributed by atoms with Gasteiger partial charge in [-0.3, -0.25) is 10.1 Å². The lowest BCUT2D eigenvalue weighted by atomic mass is 10.1. The monoisotopic (exact) mass is 220 g/mol. The summed E-state index contributed by atoms with van der Waals surface area (Å²) in [6, 6.07) is 2.23. The molecule has 0 fully saturated rings. The third kappa shape index (κ3) is 2.44. The van der Waals surface area contributed by atoms with Crippen molar-refractivity contribution in [3.05, 3.63) is 46.0 Å². The van der Waals surface area contributed by atoms with E-state index < -0.39 is 22.4 Å². The average Bonchev–Trinajstić information content (AvgIpc) is 2.15. The Bertz CT molecular complexity index is 389. The van der Waals surface area contributed by atoms with Crippen LogP contribution in [0.2, 0.25) is 0 Å². The van der Waals surface area contributed by atoms with Gasteiger partial charge in [0, 0.05) is 6.07 Å². The second kappa shape index (κ2) is 3.85. The Kier molecular flexibility index (Phi) is 2.94. The predicted molar refractivity (Wildman–Crippen MR) is 43.4 cm³/mol. The Morgan fingerprint density at radius 3 is 2.40 bits per heavy atom. The third-order valence-corrected chi connectivity index (χ3v) is 1.67. The Balaban J connectivity index is 3.36. The van der Waals surface area contributed by atoms with Crippen molar-refractivity contribution in [1.82, 2.24) is 0 Å². The molecule has 1 aromatic carbocycles. The summed E-state index contributed by atoms with van der Waals surface area (Å²) in [4.78, 5) is 9.18. The highest BCUT2D eigenvalue weighted by atomic mass is 19.4. The molecule has 0 aliphatic rings. The Morgan fingerprint density at radius 1 is 1.40 bits per heavy atom. The molecule has 1 radical (unpaired) electrons. The number of rotatable bonds is 2. The van der Waals surface area contributed by atoms with Crippen molar-refractivity contribution in [2.75, 3.05) is 0 Å². The fraction of sp³-hybridized carbons (Fsp3) is 0.125. The van der Waals surface area contributed by atoms with E-state index >= 15 is 0 Å². The lowest BCUT2D eigenvalue weighted by Gasteiger charge is -2.08. The molecule has 15 heavy (non-hydrogen) atoms. The summed E-state index contributed by atoms with van der Waals surface area (Å²) in [5, 5.41) is 18.8. The molecule has 0 aromatic heterocycles. The molecule has 0 amide bonds. The van der Waals surface area contributed by atoms with Crippen molar-refractivity contribution in [3.8, 4) is 0 Å². The number of nitrogens with zero attached hydrogens (tertiary/aromatic N) is 1. The van der Waals surface area contributed by atoms with E-state index in [1.807, 2.05) is 0 Å². The summed E-state index contributed by atoms with van der Waals surface area (Å²) >= 11 is 0. The van der Waals surface area contributed by atoms with Crippen LogP contribution in [0.1, 0.15) is 11.1 Å². The van der Waals surface area contributed by atoms with Crippen molar-refractivity contribution < 1.29 is 23.2 Å². The largest absolute Gasteiger partial charge is 0.423 e. The summed E-state index contributed by atoms with van der Waals surface area (Å²) < 4.78 is 37.0. The molecule has 1 aromatic rings. The Hall–Kier alpha value is -1.63. The number of halogens is 3. The molecule has 0 saturated carbocycles. The van der Waals surface area contributed by atoms with Gasteiger partial charge in [-0.05, 0) is 17.7 Å². The number of hydrogen-bond donors (Lipinski definition) is 1. The molecule has 0 unspecified atom stereocenters. The zero-order valence-corrected chi connectivity index (χ0v) is 7.15. The molecule has 1 rings (SSSR count). The molecule has 0 aliphatic heterocycles. The number of hydrogen-bond acceptors (Lipinski definition) is 3. The molecular formula is C8H5F3NO3. The minimum Gasteiger partial charge on any atom is -0.385 e. The molecule has 0 saturated heterocycles. The first-order valence-corrected chi connectivity index (χ1v) is 3.69. The topological polar surface area (TPSA) is 63.4 Å². The van der Waals surface area contributed by atoms with E-state index in [4.69, 9.17) is 5.11 Å². The van der Waals surface area contributed by atoms with E-state index in [0.717, 1.165) is 6.07 Å². The predicted octanol–water partition coefficient (Wildman–Crippen LogP) is 2.50. The van der Waals surface area contributed by atoms with Gasteiger partial charge >= 0.3 is 6.18 Å². The van der Waals surface area contributed by atoms with Crippen molar-refractivity contribution in [2.24, 2.45) is 0 Å². The van der Waals surface area contributed by atoms with E-state index in [1.165, 1.54) is 0 Å². The molecule has 81 valence electrons. The molecule has 4 nitrogen and oxygen atoms in total. The van der Waals surface area contributed by atoms with E-state index in [0.29, 0.717) is 18.7 Å². The van der Waals surface area contributed by atoms with Gasteiger partial charge in [0.1, 0.15) is 12.2 Å². The lowest BCUT2D eigenvalue weighted by Crippen LogP contribution is -2.09. The highest BCUT2D eigenvalue weighted by molar-refractivity contribution is 5.45. The fourth-order valence-corrected chi connectivity index (χ4v) is 1.02. The van der Waals surface area contributed by atoms with Crippen molar-refractivity contribution in [2.45, 2.75) is 6.18 Å². The van der Waals surface area contributed by atoms with Crippen LogP contribution in [-0.2, 0) is 6.18 Å². The van der Waals surface area contributed by atoms with E-state index in [-0.39, 0.29) is 5.56 Å². The van der Waals surface area contributed by atoms with Crippen LogP contribution in [0, 0.1) is 16.7 Å². The second-order valence-electron chi connectivity index (χ2n) is 2.66. The zero-order chi connectivity index (χ0) is 11.6. The first-order chi connectivity index (χ1) is 6.86. The normalized spacial score (nSPS) is 11.5. The molecule has 0 aliphatic carbocycles. The summed E-state index contributed by atoms with van der Waals surface area (Å²) in [5.41, 5.74) is -2.56. The van der Waals surface area contributed by atoms with E-state index in [1.54, 1.807) is 0 Å². The lowest BCUT2D eigenvalue weighted by molar-refractivity contribution is -0.388. The number of nitro benzene ring substituents is 1. The number of aliphatic hydroxyl groups is 1. The van der Waals surface area contributed by atoms with Gasteiger partial charge in [-0.15, -0.1) is 0 Å². The SMILES string of the molecule is O=[N+]([O-])c1ccc([CH]O)cc1C(F)(F)F. The number of aliphatic hydroxyl groups excluding tert-OH is 1. The first kappa shape index (κ1) is 11.4. The van der Waals surface area contributed by atoms with Crippen molar-refractivity contribution in [1.29, 1.82) is 0 Å². The van der Waals surface area contributed by atoms with Gasteiger partial charge < -0.3 is 5.11 Å². The maximum atomic E-state index is 12.3. The summed E-state index contributed by atoms with van der Waals surface area (Å²) in [6.45, 7) is 0.443. The Labute approximate surface area is 82.1 Å². The van der Waals surface area contributed by atoms with Crippen LogP contribution >= 0.6 is 0 Å². The van der Waals surface area contributed by atoms with Gasteiger partial charge in [0.2, 0.25) is 0 Å². The molecular weight excluding hydrogens is 215 g/mol. The minimum atomic E-state index is -4.82. The number of benzene rings is 1. The Morgan fingerprint density at radius 2 is 2.00 bits per heavy atom. The zero-order valence-electron chi connectivity index (χ0n) is 7.15. The van der Waals surface area contributed by atoms with Crippen LogP contribution in [0.5, 0.6) is 0 Å². The fourth-order valence-electron chi connectivity index (χ4n) is 1.02. The summed E-state index contributed by atoms with van der Waals surface area (Å²) in [5.74, 6) is 0. The van der Waals surface area contributed by atoms with Gasteiger partial charge in [-0.1, -0.05) is 0 Å². The maximum Gasteiger partial charge on any atom is 0.423 e. The average molecular weight is 220 g/mol. The highest BCUT2D eigenvalue weighted by Gasteiger charge is 2.38.